The van der Waals surface area contributed by atoms with Gasteiger partial charge in [0.15, 0.2) is 0 Å². The minimum Gasteiger partial charge on any atom is -0.376 e. The summed E-state index contributed by atoms with van der Waals surface area (Å²) in [5.74, 6) is 0. The van der Waals surface area contributed by atoms with Crippen LogP contribution < -0.4 is 10.6 Å². The van der Waals surface area contributed by atoms with Gasteiger partial charge < -0.3 is 15.4 Å². The summed E-state index contributed by atoms with van der Waals surface area (Å²) in [4.78, 5) is 11.3. The van der Waals surface area contributed by atoms with Gasteiger partial charge in [-0.2, -0.15) is 0 Å². The molecule has 2 rings (SSSR count). The molecule has 0 radical (unpaired) electrons. The molecule has 2 atom stereocenters. The van der Waals surface area contributed by atoms with Gasteiger partial charge in [-0.1, -0.05) is 0 Å². The van der Waals surface area contributed by atoms with Crippen molar-refractivity contribution in [3.05, 3.63) is 0 Å². The zero-order chi connectivity index (χ0) is 9.26. The summed E-state index contributed by atoms with van der Waals surface area (Å²) in [6.07, 6.45) is 3.35. The number of amides is 2. The Hall–Kier alpha value is -0.770. The lowest BCUT2D eigenvalue weighted by atomic mass is 10.2. The second-order valence-electron chi connectivity index (χ2n) is 3.86. The van der Waals surface area contributed by atoms with Gasteiger partial charge in [0.25, 0.3) is 0 Å². The van der Waals surface area contributed by atoms with Crippen LogP contribution in [0.5, 0.6) is 0 Å². The molecule has 1 saturated heterocycles. The van der Waals surface area contributed by atoms with E-state index in [4.69, 9.17) is 4.74 Å². The fourth-order valence-electron chi connectivity index (χ4n) is 1.54. The second kappa shape index (κ2) is 3.54. The highest BCUT2D eigenvalue weighted by molar-refractivity contribution is 5.75. The molecule has 2 N–H and O–H groups in total. The standard InChI is InChI=1S/C9H16N2O2/c1-6-8(4-5-13-6)11-9(12)10-7-2-3-7/h6-8H,2-5H2,1H3,(H2,10,11,12). The van der Waals surface area contributed by atoms with Gasteiger partial charge in [0.05, 0.1) is 12.1 Å². The molecule has 1 aliphatic heterocycles. The number of hydrogen-bond acceptors (Lipinski definition) is 2. The summed E-state index contributed by atoms with van der Waals surface area (Å²) in [5, 5.41) is 5.82. The number of hydrogen-bond donors (Lipinski definition) is 2. The van der Waals surface area contributed by atoms with Crippen molar-refractivity contribution in [3.63, 3.8) is 0 Å². The van der Waals surface area contributed by atoms with Crippen molar-refractivity contribution in [2.24, 2.45) is 0 Å². The molecule has 0 bridgehead atoms. The Kier molecular flexibility index (Phi) is 2.40. The van der Waals surface area contributed by atoms with Gasteiger partial charge >= 0.3 is 6.03 Å². The molecule has 4 nitrogen and oxygen atoms in total. The number of urea groups is 1. The molecule has 74 valence electrons. The summed E-state index contributed by atoms with van der Waals surface area (Å²) >= 11 is 0. The molecule has 0 aromatic carbocycles. The maximum Gasteiger partial charge on any atom is 0.315 e. The first-order valence-corrected chi connectivity index (χ1v) is 4.94. The van der Waals surface area contributed by atoms with Crippen LogP contribution in [0.15, 0.2) is 0 Å². The van der Waals surface area contributed by atoms with Gasteiger partial charge in [-0.05, 0) is 26.2 Å². The highest BCUT2D eigenvalue weighted by atomic mass is 16.5. The van der Waals surface area contributed by atoms with Gasteiger partial charge in [0.1, 0.15) is 0 Å². The third kappa shape index (κ3) is 2.34. The van der Waals surface area contributed by atoms with E-state index < -0.39 is 0 Å². The van der Waals surface area contributed by atoms with Crippen LogP contribution in [0.3, 0.4) is 0 Å². The van der Waals surface area contributed by atoms with E-state index in [-0.39, 0.29) is 18.2 Å². The minimum atomic E-state index is -0.0372. The van der Waals surface area contributed by atoms with Crippen LogP contribution in [0.2, 0.25) is 0 Å². The normalized spacial score (nSPS) is 33.0. The largest absolute Gasteiger partial charge is 0.376 e. The monoisotopic (exact) mass is 184 g/mol. The van der Waals surface area contributed by atoms with Crippen molar-refractivity contribution in [2.45, 2.75) is 44.4 Å². The van der Waals surface area contributed by atoms with Crippen LogP contribution in [0.25, 0.3) is 0 Å². The molecule has 13 heavy (non-hydrogen) atoms. The summed E-state index contributed by atoms with van der Waals surface area (Å²) in [7, 11) is 0. The van der Waals surface area contributed by atoms with Gasteiger partial charge in [-0.3, -0.25) is 0 Å². The maximum atomic E-state index is 11.3. The Morgan fingerprint density at radius 2 is 2.08 bits per heavy atom. The van der Waals surface area contributed by atoms with E-state index in [9.17, 15) is 4.79 Å². The third-order valence-electron chi connectivity index (χ3n) is 2.61. The van der Waals surface area contributed by atoms with Crippen LogP contribution in [-0.2, 0) is 4.74 Å². The zero-order valence-corrected chi connectivity index (χ0v) is 7.88. The van der Waals surface area contributed by atoms with Gasteiger partial charge in [-0.25, -0.2) is 4.79 Å². The van der Waals surface area contributed by atoms with Crippen LogP contribution >= 0.6 is 0 Å². The van der Waals surface area contributed by atoms with Crippen molar-refractivity contribution < 1.29 is 9.53 Å². The van der Waals surface area contributed by atoms with Crippen molar-refractivity contribution in [2.75, 3.05) is 6.61 Å². The first-order chi connectivity index (χ1) is 6.25. The van der Waals surface area contributed by atoms with Crippen molar-refractivity contribution in [1.82, 2.24) is 10.6 Å². The molecule has 2 fully saturated rings. The number of nitrogens with one attached hydrogen (secondary N) is 2. The number of ether oxygens (including phenoxy) is 1. The highest BCUT2D eigenvalue weighted by Gasteiger charge is 2.28. The molecule has 2 aliphatic rings. The molecule has 2 amide bonds. The quantitative estimate of drug-likeness (QED) is 0.661. The van der Waals surface area contributed by atoms with Crippen LogP contribution in [0.4, 0.5) is 4.79 Å². The Morgan fingerprint density at radius 1 is 1.31 bits per heavy atom. The van der Waals surface area contributed by atoms with E-state index in [1.54, 1.807) is 0 Å². The lowest BCUT2D eigenvalue weighted by Gasteiger charge is -2.16. The van der Waals surface area contributed by atoms with Crippen LogP contribution in [0, 0.1) is 0 Å². The van der Waals surface area contributed by atoms with E-state index in [0.717, 1.165) is 25.9 Å². The van der Waals surface area contributed by atoms with E-state index >= 15 is 0 Å². The Bertz CT molecular complexity index is 204. The van der Waals surface area contributed by atoms with E-state index in [1.807, 2.05) is 6.92 Å². The Morgan fingerprint density at radius 3 is 2.62 bits per heavy atom. The predicted molar refractivity (Wildman–Crippen MR) is 48.5 cm³/mol. The molecule has 4 heteroatoms. The summed E-state index contributed by atoms with van der Waals surface area (Å²) in [6, 6.07) is 0.584. The summed E-state index contributed by atoms with van der Waals surface area (Å²) in [5.41, 5.74) is 0. The van der Waals surface area contributed by atoms with Crippen molar-refractivity contribution in [1.29, 1.82) is 0 Å². The number of carbonyl (C=O) groups is 1. The fraction of sp³-hybridized carbons (Fsp3) is 0.889. The van der Waals surface area contributed by atoms with E-state index in [1.165, 1.54) is 0 Å². The van der Waals surface area contributed by atoms with Crippen molar-refractivity contribution in [3.8, 4) is 0 Å². The Balaban J connectivity index is 1.72. The van der Waals surface area contributed by atoms with Gasteiger partial charge in [0, 0.05) is 12.6 Å². The highest BCUT2D eigenvalue weighted by Crippen LogP contribution is 2.18. The molecular weight excluding hydrogens is 168 g/mol. The average molecular weight is 184 g/mol. The molecule has 2 unspecified atom stereocenters. The molecule has 0 aromatic rings. The Labute approximate surface area is 78.0 Å². The molecule has 0 spiro atoms. The van der Waals surface area contributed by atoms with Crippen LogP contribution in [-0.4, -0.2) is 30.8 Å². The zero-order valence-electron chi connectivity index (χ0n) is 7.88. The predicted octanol–water partition coefficient (Wildman–Crippen LogP) is 0.625. The number of rotatable bonds is 2. The summed E-state index contributed by atoms with van der Waals surface area (Å²) in [6.45, 7) is 2.75. The van der Waals surface area contributed by atoms with Crippen LogP contribution in [0.1, 0.15) is 26.2 Å². The van der Waals surface area contributed by atoms with Crippen molar-refractivity contribution >= 4 is 6.03 Å². The lowest BCUT2D eigenvalue weighted by molar-refractivity contribution is 0.114. The maximum absolute atomic E-state index is 11.3. The third-order valence-corrected chi connectivity index (χ3v) is 2.61. The smallest absolute Gasteiger partial charge is 0.315 e. The molecule has 1 aliphatic carbocycles. The average Bonchev–Trinajstić information content (AvgIpc) is 2.79. The molecular formula is C9H16N2O2. The fourth-order valence-corrected chi connectivity index (χ4v) is 1.54. The molecule has 1 saturated carbocycles. The topological polar surface area (TPSA) is 50.4 Å². The first kappa shape index (κ1) is 8.81. The molecule has 1 heterocycles. The van der Waals surface area contributed by atoms with Gasteiger partial charge in [-0.15, -0.1) is 0 Å². The van der Waals surface area contributed by atoms with E-state index in [0.29, 0.717) is 6.04 Å². The first-order valence-electron chi connectivity index (χ1n) is 4.94. The lowest BCUT2D eigenvalue weighted by Crippen LogP contribution is -2.45. The van der Waals surface area contributed by atoms with Gasteiger partial charge in [0.2, 0.25) is 0 Å². The summed E-state index contributed by atoms with van der Waals surface area (Å²) < 4.78 is 5.34. The number of carbonyl (C=O) groups excluding carboxylic acids is 1. The molecule has 0 aromatic heterocycles. The van der Waals surface area contributed by atoms with E-state index in [2.05, 4.69) is 10.6 Å². The minimum absolute atomic E-state index is 0.0372. The SMILES string of the molecule is CC1OCCC1NC(=O)NC1CC1. The second-order valence-corrected chi connectivity index (χ2v) is 3.86.